The standard InChI is InChI=1S/C24H22F3NO4S/c1-28-11-23-10-17(30)18(32-2)9-15(23)20(28)22(14-7-8-16(29)21(31)19(14)23)33-13-5-3-12(4-6-13)24(25,26)27/h3-9,15,20,22,29,31H,10-11H2,1-2H3/t15-,20-,22-,23+/m1/s1. The minimum Gasteiger partial charge on any atom is -0.504 e. The van der Waals surface area contributed by atoms with Gasteiger partial charge in [0.05, 0.1) is 17.9 Å². The summed E-state index contributed by atoms with van der Waals surface area (Å²) in [7, 11) is 3.39. The number of likely N-dealkylation sites (N-methyl/N-ethyl adjacent to an activating group) is 1. The van der Waals surface area contributed by atoms with Crippen LogP contribution in [0.15, 0.2) is 53.1 Å². The zero-order chi connectivity index (χ0) is 23.7. The number of Topliss-reactive ketones (excluding diaryl/α,β-unsaturated/α-hetero) is 1. The Kier molecular flexibility index (Phi) is 4.99. The third kappa shape index (κ3) is 3.24. The summed E-state index contributed by atoms with van der Waals surface area (Å²) in [6.45, 7) is 0.496. The van der Waals surface area contributed by atoms with Gasteiger partial charge in [-0.3, -0.25) is 4.79 Å². The van der Waals surface area contributed by atoms with E-state index in [1.165, 1.54) is 37.1 Å². The molecule has 2 aromatic rings. The number of benzene rings is 2. The fourth-order valence-electron chi connectivity index (χ4n) is 5.80. The SMILES string of the molecule is COC1=C[C@@H]2[C@@H]3[C@H](Sc4ccc(C(F)(F)F)cc4)c4ccc(O)c(O)c4[C@@]2(CC1=O)CN3C. The van der Waals surface area contributed by atoms with E-state index >= 15 is 0 Å². The van der Waals surface area contributed by atoms with E-state index in [0.717, 1.165) is 17.7 Å². The van der Waals surface area contributed by atoms with Crippen LogP contribution in [0.1, 0.15) is 28.4 Å². The smallest absolute Gasteiger partial charge is 0.416 e. The van der Waals surface area contributed by atoms with Gasteiger partial charge in [0.1, 0.15) is 0 Å². The van der Waals surface area contributed by atoms with E-state index in [2.05, 4.69) is 4.90 Å². The van der Waals surface area contributed by atoms with Gasteiger partial charge in [-0.25, -0.2) is 0 Å². The summed E-state index contributed by atoms with van der Waals surface area (Å²) in [4.78, 5) is 15.6. The molecule has 2 N–H and O–H groups in total. The molecule has 2 aromatic carbocycles. The van der Waals surface area contributed by atoms with Gasteiger partial charge in [-0.1, -0.05) is 6.07 Å². The fourth-order valence-corrected chi connectivity index (χ4v) is 7.22. The van der Waals surface area contributed by atoms with Crippen LogP contribution in [-0.4, -0.2) is 47.6 Å². The van der Waals surface area contributed by atoms with Crippen molar-refractivity contribution in [1.29, 1.82) is 0 Å². The molecule has 5 nitrogen and oxygen atoms in total. The van der Waals surface area contributed by atoms with Crippen molar-refractivity contribution in [3.05, 3.63) is 64.9 Å². The Morgan fingerprint density at radius 2 is 1.85 bits per heavy atom. The third-order valence-corrected chi connectivity index (χ3v) is 8.43. The Hall–Kier alpha value is -2.65. The Morgan fingerprint density at radius 1 is 1.15 bits per heavy atom. The van der Waals surface area contributed by atoms with Gasteiger partial charge in [0.25, 0.3) is 0 Å². The normalized spacial score (nSPS) is 28.8. The first-order valence-corrected chi connectivity index (χ1v) is 11.3. The molecule has 0 aromatic heterocycles. The molecule has 174 valence electrons. The number of hydrogen-bond donors (Lipinski definition) is 2. The van der Waals surface area contributed by atoms with Crippen LogP contribution >= 0.6 is 11.8 Å². The Labute approximate surface area is 192 Å². The molecule has 0 radical (unpaired) electrons. The van der Waals surface area contributed by atoms with E-state index in [4.69, 9.17) is 4.74 Å². The lowest BCUT2D eigenvalue weighted by Crippen LogP contribution is -2.46. The maximum absolute atomic E-state index is 13.0. The van der Waals surface area contributed by atoms with Crippen LogP contribution in [0.2, 0.25) is 0 Å². The van der Waals surface area contributed by atoms with Crippen LogP contribution in [-0.2, 0) is 21.1 Å². The van der Waals surface area contributed by atoms with Gasteiger partial charge >= 0.3 is 6.18 Å². The Balaban J connectivity index is 1.65. The number of hydrogen-bond acceptors (Lipinski definition) is 6. The number of ether oxygens (including phenoxy) is 1. The average molecular weight is 478 g/mol. The molecule has 2 aliphatic carbocycles. The summed E-state index contributed by atoms with van der Waals surface area (Å²) in [6.07, 6.45) is -2.46. The van der Waals surface area contributed by atoms with E-state index in [1.54, 1.807) is 6.07 Å². The Morgan fingerprint density at radius 3 is 2.48 bits per heavy atom. The van der Waals surface area contributed by atoms with Crippen LogP contribution in [0.3, 0.4) is 0 Å². The van der Waals surface area contributed by atoms with Crippen molar-refractivity contribution in [2.45, 2.75) is 34.2 Å². The number of ketones is 1. The number of aromatic hydroxyl groups is 2. The highest BCUT2D eigenvalue weighted by molar-refractivity contribution is 7.99. The van der Waals surface area contributed by atoms with Gasteiger partial charge in [0.15, 0.2) is 23.0 Å². The lowest BCUT2D eigenvalue weighted by Gasteiger charge is -2.46. The molecule has 33 heavy (non-hydrogen) atoms. The summed E-state index contributed by atoms with van der Waals surface area (Å²) in [5.41, 5.74) is -0.109. The minimum atomic E-state index is -4.41. The summed E-state index contributed by atoms with van der Waals surface area (Å²) < 4.78 is 44.3. The van der Waals surface area contributed by atoms with Crippen molar-refractivity contribution in [2.24, 2.45) is 5.92 Å². The van der Waals surface area contributed by atoms with Gasteiger partial charge in [-0.2, -0.15) is 13.2 Å². The van der Waals surface area contributed by atoms with Crippen molar-refractivity contribution in [3.63, 3.8) is 0 Å². The minimum absolute atomic E-state index is 0.0908. The number of nitrogens with zero attached hydrogens (tertiary/aromatic N) is 1. The molecular weight excluding hydrogens is 455 g/mol. The summed E-state index contributed by atoms with van der Waals surface area (Å²) >= 11 is 1.41. The van der Waals surface area contributed by atoms with Crippen molar-refractivity contribution in [3.8, 4) is 11.5 Å². The summed E-state index contributed by atoms with van der Waals surface area (Å²) in [5.74, 6) is -0.571. The predicted molar refractivity (Wildman–Crippen MR) is 116 cm³/mol. The van der Waals surface area contributed by atoms with Crippen LogP contribution in [0.5, 0.6) is 11.5 Å². The molecule has 1 fully saturated rings. The van der Waals surface area contributed by atoms with E-state index in [0.29, 0.717) is 17.0 Å². The second-order valence-electron chi connectivity index (χ2n) is 8.88. The Bertz CT molecular complexity index is 1160. The van der Waals surface area contributed by atoms with Gasteiger partial charge in [0.2, 0.25) is 0 Å². The first-order chi connectivity index (χ1) is 15.6. The number of rotatable bonds is 3. The van der Waals surface area contributed by atoms with Gasteiger partial charge in [-0.15, -0.1) is 11.8 Å². The van der Waals surface area contributed by atoms with E-state index < -0.39 is 17.2 Å². The van der Waals surface area contributed by atoms with E-state index in [-0.39, 0.29) is 46.7 Å². The molecule has 0 spiro atoms. The molecule has 5 rings (SSSR count). The first-order valence-electron chi connectivity index (χ1n) is 10.5. The van der Waals surface area contributed by atoms with Gasteiger partial charge in [-0.05, 0) is 49.0 Å². The summed E-state index contributed by atoms with van der Waals surface area (Å²) in [6, 6.07) is 8.10. The van der Waals surface area contributed by atoms with Crippen molar-refractivity contribution in [2.75, 3.05) is 20.7 Å². The number of fused-ring (bicyclic) bond motifs is 1. The van der Waals surface area contributed by atoms with Crippen molar-refractivity contribution in [1.82, 2.24) is 4.90 Å². The van der Waals surface area contributed by atoms with Crippen LogP contribution in [0.25, 0.3) is 0 Å². The monoisotopic (exact) mass is 477 g/mol. The number of phenols is 2. The maximum atomic E-state index is 13.0. The predicted octanol–water partition coefficient (Wildman–Crippen LogP) is 4.63. The number of methoxy groups -OCH3 is 1. The number of halogens is 3. The lowest BCUT2D eigenvalue weighted by atomic mass is 9.59. The quantitative estimate of drug-likeness (QED) is 0.628. The number of phenolic OH excluding ortho intramolecular Hbond substituents is 2. The fraction of sp³-hybridized carbons (Fsp3) is 0.375. The highest BCUT2D eigenvalue weighted by Gasteiger charge is 2.62. The molecule has 3 aliphatic rings. The van der Waals surface area contributed by atoms with Crippen molar-refractivity contribution >= 4 is 17.5 Å². The second kappa shape index (κ2) is 7.43. The number of likely N-dealkylation sites (tertiary alicyclic amines) is 1. The largest absolute Gasteiger partial charge is 0.504 e. The van der Waals surface area contributed by atoms with Crippen molar-refractivity contribution < 1.29 is 32.9 Å². The third-order valence-electron chi connectivity index (χ3n) is 7.10. The van der Waals surface area contributed by atoms with Gasteiger partial charge in [0, 0.05) is 40.8 Å². The zero-order valence-electron chi connectivity index (χ0n) is 17.9. The first kappa shape index (κ1) is 22.2. The highest BCUT2D eigenvalue weighted by atomic mass is 32.2. The summed E-state index contributed by atoms with van der Waals surface area (Å²) in [5, 5.41) is 21.0. The van der Waals surface area contributed by atoms with Crippen LogP contribution in [0, 0.1) is 5.92 Å². The van der Waals surface area contributed by atoms with Gasteiger partial charge < -0.3 is 19.8 Å². The number of carbonyl (C=O) groups is 1. The number of carbonyl (C=O) groups excluding carboxylic acids is 1. The molecule has 9 heteroatoms. The molecule has 2 bridgehead atoms. The molecular formula is C24H22F3NO4S. The molecule has 1 saturated heterocycles. The maximum Gasteiger partial charge on any atom is 0.416 e. The number of allylic oxidation sites excluding steroid dienone is 1. The molecule has 0 unspecified atom stereocenters. The van der Waals surface area contributed by atoms with Crippen LogP contribution in [0.4, 0.5) is 13.2 Å². The molecule has 0 saturated carbocycles. The average Bonchev–Trinajstić information content (AvgIpc) is 2.98. The topological polar surface area (TPSA) is 70.0 Å². The zero-order valence-corrected chi connectivity index (χ0v) is 18.7. The molecule has 1 heterocycles. The number of alkyl halides is 3. The van der Waals surface area contributed by atoms with Crippen LogP contribution < -0.4 is 0 Å². The number of thioether (sulfide) groups is 1. The van der Waals surface area contributed by atoms with E-state index in [9.17, 15) is 28.2 Å². The molecule has 0 amide bonds. The molecule has 4 atom stereocenters. The molecule has 1 aliphatic heterocycles. The van der Waals surface area contributed by atoms with E-state index in [1.807, 2.05) is 13.1 Å². The second-order valence-corrected chi connectivity index (χ2v) is 10.1. The lowest BCUT2D eigenvalue weighted by molar-refractivity contribution is -0.137. The highest BCUT2D eigenvalue weighted by Crippen LogP contribution is 2.63.